The average molecular weight is 253 g/mol. The van der Waals surface area contributed by atoms with Crippen LogP contribution < -0.4 is 5.84 Å². The third-order valence-corrected chi connectivity index (χ3v) is 3.72. The monoisotopic (exact) mass is 253 g/mol. The molecule has 0 spiro atoms. The van der Waals surface area contributed by atoms with Crippen molar-refractivity contribution >= 4 is 5.84 Å². The summed E-state index contributed by atoms with van der Waals surface area (Å²) in [5.74, 6) is 6.92. The molecule has 0 atom stereocenters. The van der Waals surface area contributed by atoms with Crippen LogP contribution in [0.2, 0.25) is 0 Å². The molecule has 1 heterocycles. The maximum atomic E-state index is 5.80. The van der Waals surface area contributed by atoms with E-state index in [1.54, 1.807) is 0 Å². The minimum absolute atomic E-state index is 0.892. The summed E-state index contributed by atoms with van der Waals surface area (Å²) >= 11 is 0. The van der Waals surface area contributed by atoms with Crippen molar-refractivity contribution in [3.05, 3.63) is 0 Å². The van der Waals surface area contributed by atoms with E-state index in [0.717, 1.165) is 25.3 Å². The Bertz CT molecular complexity index is 226. The first kappa shape index (κ1) is 15.5. The smallest absolute Gasteiger partial charge is 0.113 e. The SMILES string of the molecule is CCCCCCCCCCCCC1=NCCN1N. The molecule has 106 valence electrons. The Labute approximate surface area is 113 Å². The van der Waals surface area contributed by atoms with Crippen LogP contribution in [0, 0.1) is 0 Å². The lowest BCUT2D eigenvalue weighted by molar-refractivity contribution is 0.469. The van der Waals surface area contributed by atoms with Crippen LogP contribution >= 0.6 is 0 Å². The van der Waals surface area contributed by atoms with E-state index in [1.165, 1.54) is 64.2 Å². The van der Waals surface area contributed by atoms with Crippen molar-refractivity contribution in [3.8, 4) is 0 Å². The first-order chi connectivity index (χ1) is 8.84. The second kappa shape index (κ2) is 10.4. The first-order valence-corrected chi connectivity index (χ1v) is 7.90. The third-order valence-electron chi connectivity index (χ3n) is 3.72. The Kier molecular flexibility index (Phi) is 8.92. The summed E-state index contributed by atoms with van der Waals surface area (Å²) in [6.45, 7) is 4.08. The van der Waals surface area contributed by atoms with Gasteiger partial charge in [0.25, 0.3) is 0 Å². The molecule has 0 aromatic carbocycles. The summed E-state index contributed by atoms with van der Waals surface area (Å²) in [6, 6.07) is 0. The number of rotatable bonds is 11. The molecule has 0 bridgehead atoms. The van der Waals surface area contributed by atoms with Crippen molar-refractivity contribution < 1.29 is 0 Å². The van der Waals surface area contributed by atoms with Crippen molar-refractivity contribution in [2.75, 3.05) is 13.1 Å². The number of aliphatic imine (C=N–C) groups is 1. The number of unbranched alkanes of at least 4 members (excludes halogenated alkanes) is 9. The highest BCUT2D eigenvalue weighted by Crippen LogP contribution is 2.12. The standard InChI is InChI=1S/C15H31N3/c1-2-3-4-5-6-7-8-9-10-11-12-15-17-13-14-18(15)16/h2-14,16H2,1H3. The van der Waals surface area contributed by atoms with Crippen molar-refractivity contribution in [2.24, 2.45) is 10.8 Å². The molecule has 1 aliphatic rings. The van der Waals surface area contributed by atoms with Gasteiger partial charge < -0.3 is 0 Å². The number of amidine groups is 1. The van der Waals surface area contributed by atoms with Gasteiger partial charge in [-0.15, -0.1) is 0 Å². The highest BCUT2D eigenvalue weighted by molar-refractivity contribution is 5.83. The molecule has 2 N–H and O–H groups in total. The van der Waals surface area contributed by atoms with E-state index in [-0.39, 0.29) is 0 Å². The maximum Gasteiger partial charge on any atom is 0.113 e. The van der Waals surface area contributed by atoms with Crippen molar-refractivity contribution in [1.29, 1.82) is 0 Å². The van der Waals surface area contributed by atoms with Gasteiger partial charge in [-0.2, -0.15) is 0 Å². The average Bonchev–Trinajstić information content (AvgIpc) is 2.77. The molecule has 0 saturated carbocycles. The summed E-state index contributed by atoms with van der Waals surface area (Å²) in [5, 5.41) is 1.81. The fourth-order valence-corrected chi connectivity index (χ4v) is 2.50. The van der Waals surface area contributed by atoms with Gasteiger partial charge in [0.05, 0.1) is 13.1 Å². The number of nitrogens with two attached hydrogens (primary N) is 1. The molecule has 3 nitrogen and oxygen atoms in total. The van der Waals surface area contributed by atoms with Gasteiger partial charge in [-0.05, 0) is 6.42 Å². The molecular weight excluding hydrogens is 222 g/mol. The van der Waals surface area contributed by atoms with Crippen molar-refractivity contribution in [3.63, 3.8) is 0 Å². The van der Waals surface area contributed by atoms with Gasteiger partial charge in [-0.3, -0.25) is 10.0 Å². The zero-order chi connectivity index (χ0) is 13.1. The zero-order valence-corrected chi connectivity index (χ0v) is 12.2. The van der Waals surface area contributed by atoms with Crippen LogP contribution in [0.15, 0.2) is 4.99 Å². The second-order valence-electron chi connectivity index (χ2n) is 5.42. The molecule has 1 aliphatic heterocycles. The Morgan fingerprint density at radius 1 is 0.944 bits per heavy atom. The van der Waals surface area contributed by atoms with E-state index in [2.05, 4.69) is 11.9 Å². The van der Waals surface area contributed by atoms with Gasteiger partial charge >= 0.3 is 0 Å². The number of nitrogens with zero attached hydrogens (tertiary/aromatic N) is 2. The van der Waals surface area contributed by atoms with Gasteiger partial charge in [0, 0.05) is 6.42 Å². The number of hydrazine groups is 1. The molecular formula is C15H31N3. The van der Waals surface area contributed by atoms with E-state index >= 15 is 0 Å². The van der Waals surface area contributed by atoms with Gasteiger partial charge in [0.2, 0.25) is 0 Å². The molecule has 3 heteroatoms. The predicted molar refractivity (Wildman–Crippen MR) is 79.7 cm³/mol. The molecule has 0 aromatic rings. The van der Waals surface area contributed by atoms with Crippen molar-refractivity contribution in [1.82, 2.24) is 5.01 Å². The normalized spacial score (nSPS) is 15.2. The summed E-state index contributed by atoms with van der Waals surface area (Å²) in [6.07, 6.45) is 14.9. The molecule has 0 saturated heterocycles. The molecule has 18 heavy (non-hydrogen) atoms. The van der Waals surface area contributed by atoms with Crippen LogP contribution in [-0.4, -0.2) is 23.9 Å². The highest BCUT2D eigenvalue weighted by atomic mass is 15.4. The first-order valence-electron chi connectivity index (χ1n) is 7.90. The second-order valence-corrected chi connectivity index (χ2v) is 5.42. The lowest BCUT2D eigenvalue weighted by Gasteiger charge is -2.12. The Morgan fingerprint density at radius 2 is 1.50 bits per heavy atom. The molecule has 0 fully saturated rings. The van der Waals surface area contributed by atoms with Gasteiger partial charge in [0.1, 0.15) is 5.84 Å². The van der Waals surface area contributed by atoms with Crippen LogP contribution in [0.3, 0.4) is 0 Å². The Hall–Kier alpha value is -0.570. The lowest BCUT2D eigenvalue weighted by Crippen LogP contribution is -2.34. The summed E-state index contributed by atoms with van der Waals surface area (Å²) in [7, 11) is 0. The molecule has 0 aromatic heterocycles. The topological polar surface area (TPSA) is 41.6 Å². The van der Waals surface area contributed by atoms with Gasteiger partial charge in [-0.1, -0.05) is 64.7 Å². The fraction of sp³-hybridized carbons (Fsp3) is 0.933. The Morgan fingerprint density at radius 3 is 2.00 bits per heavy atom. The van der Waals surface area contributed by atoms with Gasteiger partial charge in [-0.25, -0.2) is 5.84 Å². The maximum absolute atomic E-state index is 5.80. The third kappa shape index (κ3) is 7.00. The van der Waals surface area contributed by atoms with Crippen LogP contribution in [0.4, 0.5) is 0 Å². The van der Waals surface area contributed by atoms with E-state index < -0.39 is 0 Å². The summed E-state index contributed by atoms with van der Waals surface area (Å²) in [4.78, 5) is 4.41. The van der Waals surface area contributed by atoms with E-state index in [9.17, 15) is 0 Å². The van der Waals surface area contributed by atoms with Crippen LogP contribution in [-0.2, 0) is 0 Å². The molecule has 1 rings (SSSR count). The minimum atomic E-state index is 0.892. The summed E-state index contributed by atoms with van der Waals surface area (Å²) in [5.41, 5.74) is 0. The number of hydrogen-bond acceptors (Lipinski definition) is 3. The summed E-state index contributed by atoms with van der Waals surface area (Å²) < 4.78 is 0. The molecule has 0 aliphatic carbocycles. The van der Waals surface area contributed by atoms with Crippen molar-refractivity contribution in [2.45, 2.75) is 77.6 Å². The van der Waals surface area contributed by atoms with Gasteiger partial charge in [0.15, 0.2) is 0 Å². The van der Waals surface area contributed by atoms with E-state index in [0.29, 0.717) is 0 Å². The number of hydrogen-bond donors (Lipinski definition) is 1. The fourth-order valence-electron chi connectivity index (χ4n) is 2.50. The van der Waals surface area contributed by atoms with Crippen LogP contribution in [0.5, 0.6) is 0 Å². The Balaban J connectivity index is 1.79. The van der Waals surface area contributed by atoms with E-state index in [4.69, 9.17) is 5.84 Å². The highest BCUT2D eigenvalue weighted by Gasteiger charge is 2.11. The largest absolute Gasteiger partial charge is 0.297 e. The molecule has 0 unspecified atom stereocenters. The minimum Gasteiger partial charge on any atom is -0.297 e. The molecule has 0 radical (unpaired) electrons. The van der Waals surface area contributed by atoms with Crippen LogP contribution in [0.1, 0.15) is 77.6 Å². The predicted octanol–water partition coefficient (Wildman–Crippen LogP) is 3.89. The molecule has 0 amide bonds. The van der Waals surface area contributed by atoms with E-state index in [1.807, 2.05) is 5.01 Å². The lowest BCUT2D eigenvalue weighted by atomic mass is 10.1. The van der Waals surface area contributed by atoms with Crippen LogP contribution in [0.25, 0.3) is 0 Å². The zero-order valence-electron chi connectivity index (χ0n) is 12.2. The quantitative estimate of drug-likeness (QED) is 0.448.